The fraction of sp³-hybridized carbons (Fsp3) is 0.273. The summed E-state index contributed by atoms with van der Waals surface area (Å²) >= 11 is 5.41. The molecular formula is C22H21BrFIN6O6. The van der Waals surface area contributed by atoms with Gasteiger partial charge in [0.1, 0.15) is 6.17 Å². The van der Waals surface area contributed by atoms with Crippen molar-refractivity contribution in [2.24, 2.45) is 4.99 Å². The van der Waals surface area contributed by atoms with Crippen LogP contribution in [0, 0.1) is 13.7 Å². The van der Waals surface area contributed by atoms with Gasteiger partial charge in [0.05, 0.1) is 37.0 Å². The van der Waals surface area contributed by atoms with Gasteiger partial charge in [-0.15, -0.1) is 0 Å². The van der Waals surface area contributed by atoms with Crippen molar-refractivity contribution in [3.05, 3.63) is 65.7 Å². The van der Waals surface area contributed by atoms with Crippen LogP contribution in [0.25, 0.3) is 0 Å². The molecule has 0 aromatic heterocycles. The number of halogens is 3. The van der Waals surface area contributed by atoms with Crippen LogP contribution in [0.3, 0.4) is 0 Å². The van der Waals surface area contributed by atoms with Crippen LogP contribution in [0.4, 0.5) is 15.8 Å². The van der Waals surface area contributed by atoms with Crippen LogP contribution >= 0.6 is 38.5 Å². The molecular weight excluding hydrogens is 670 g/mol. The quantitative estimate of drug-likeness (QED) is 0.152. The normalized spacial score (nSPS) is 15.5. The fourth-order valence-electron chi connectivity index (χ4n) is 3.37. The van der Waals surface area contributed by atoms with Crippen molar-refractivity contribution >= 4 is 73.6 Å². The Labute approximate surface area is 231 Å². The number of aliphatic carboxylic acids is 1. The number of non-ortho nitro benzene ring substituents is 1. The summed E-state index contributed by atoms with van der Waals surface area (Å²) in [6, 6.07) is 7.94. The van der Waals surface area contributed by atoms with Gasteiger partial charge in [-0.05, 0) is 52.4 Å². The molecule has 0 radical (unpaired) electrons. The van der Waals surface area contributed by atoms with Crippen molar-refractivity contribution in [2.75, 3.05) is 25.0 Å². The molecule has 2 aromatic carbocycles. The number of alkyl halides is 1. The number of carbonyl (C=O) groups excluding carboxylic acids is 2. The minimum Gasteiger partial charge on any atom is -0.481 e. The summed E-state index contributed by atoms with van der Waals surface area (Å²) in [6.45, 7) is -0.558. The van der Waals surface area contributed by atoms with Crippen LogP contribution in [-0.4, -0.2) is 59.6 Å². The maximum absolute atomic E-state index is 13.3. The number of amides is 2. The number of hydrogen-bond acceptors (Lipinski definition) is 8. The first-order chi connectivity index (χ1) is 17.5. The van der Waals surface area contributed by atoms with Gasteiger partial charge in [0.15, 0.2) is 5.96 Å². The molecule has 2 atom stereocenters. The third-order valence-corrected chi connectivity index (χ3v) is 6.08. The minimum absolute atomic E-state index is 0.0190. The lowest BCUT2D eigenvalue weighted by Gasteiger charge is -2.19. The van der Waals surface area contributed by atoms with Crippen LogP contribution in [0.15, 0.2) is 45.9 Å². The van der Waals surface area contributed by atoms with E-state index in [1.165, 1.54) is 12.1 Å². The van der Waals surface area contributed by atoms with Gasteiger partial charge in [-0.25, -0.2) is 9.38 Å². The number of aliphatic imine (C=N–C) groups is 1. The van der Waals surface area contributed by atoms with Gasteiger partial charge < -0.3 is 26.4 Å². The summed E-state index contributed by atoms with van der Waals surface area (Å²) in [7, 11) is 0. The molecule has 0 saturated heterocycles. The summed E-state index contributed by atoms with van der Waals surface area (Å²) in [5.41, 5.74) is 0.241. The SMILES string of the molecule is O=C(O)CC(NC(=O)CNC(=O)c1cc(NC2=NCC(F)CN2)cc([N+](=O)[O-])c1)c1cc(Br)cc(I)c1. The van der Waals surface area contributed by atoms with Gasteiger partial charge in [-0.2, -0.15) is 0 Å². The zero-order valence-corrected chi connectivity index (χ0v) is 22.7. The second-order valence-electron chi connectivity index (χ2n) is 7.92. The summed E-state index contributed by atoms with van der Waals surface area (Å²) < 4.78 is 14.8. The lowest BCUT2D eigenvalue weighted by Crippen LogP contribution is -2.41. The van der Waals surface area contributed by atoms with Crippen molar-refractivity contribution in [3.63, 3.8) is 0 Å². The molecule has 1 aliphatic heterocycles. The molecule has 2 aromatic rings. The predicted octanol–water partition coefficient (Wildman–Crippen LogP) is 2.73. The molecule has 0 fully saturated rings. The molecule has 3 rings (SSSR count). The number of carboxylic acids is 1. The molecule has 196 valence electrons. The molecule has 5 N–H and O–H groups in total. The topological polar surface area (TPSA) is 175 Å². The van der Waals surface area contributed by atoms with Crippen LogP contribution < -0.4 is 21.3 Å². The van der Waals surface area contributed by atoms with Gasteiger partial charge in [0, 0.05) is 31.4 Å². The first-order valence-electron chi connectivity index (χ1n) is 10.7. The zero-order valence-electron chi connectivity index (χ0n) is 19.0. The number of hydrogen-bond donors (Lipinski definition) is 5. The standard InChI is InChI=1S/C22H21BrFIN6O6/c23-13-1-11(2-15(25)5-13)18(7-20(33)34)30-19(32)10-26-21(35)12-3-16(6-17(4-12)31(36)37)29-22-27-8-14(24)9-28-22/h1-6,14,18H,7-10H2,(H,26,35)(H,30,32)(H,33,34)(H2,27,28,29). The first kappa shape index (κ1) is 28.2. The third kappa shape index (κ3) is 8.63. The molecule has 37 heavy (non-hydrogen) atoms. The highest BCUT2D eigenvalue weighted by Crippen LogP contribution is 2.24. The summed E-state index contributed by atoms with van der Waals surface area (Å²) in [4.78, 5) is 51.2. The molecule has 0 bridgehead atoms. The number of nitrogens with zero attached hydrogens (tertiary/aromatic N) is 2. The highest BCUT2D eigenvalue weighted by Gasteiger charge is 2.21. The molecule has 0 aliphatic carbocycles. The van der Waals surface area contributed by atoms with E-state index >= 15 is 0 Å². The fourth-order valence-corrected chi connectivity index (χ4v) is 5.00. The Morgan fingerprint density at radius 2 is 2.03 bits per heavy atom. The zero-order chi connectivity index (χ0) is 27.1. The number of benzene rings is 2. The van der Waals surface area contributed by atoms with Crippen LogP contribution in [0.2, 0.25) is 0 Å². The molecule has 1 heterocycles. The van der Waals surface area contributed by atoms with E-state index in [-0.39, 0.29) is 42.4 Å². The Balaban J connectivity index is 1.69. The van der Waals surface area contributed by atoms with Crippen molar-refractivity contribution in [1.82, 2.24) is 16.0 Å². The average molecular weight is 691 g/mol. The Bertz CT molecular complexity index is 1240. The van der Waals surface area contributed by atoms with E-state index in [2.05, 4.69) is 64.8 Å². The van der Waals surface area contributed by atoms with E-state index in [0.717, 1.165) is 9.64 Å². The monoisotopic (exact) mass is 690 g/mol. The Hall–Kier alpha value is -3.34. The smallest absolute Gasteiger partial charge is 0.305 e. The van der Waals surface area contributed by atoms with E-state index in [1.807, 2.05) is 6.07 Å². The summed E-state index contributed by atoms with van der Waals surface area (Å²) in [6.07, 6.45) is -1.53. The number of carbonyl (C=O) groups is 3. The third-order valence-electron chi connectivity index (χ3n) is 5.00. The van der Waals surface area contributed by atoms with E-state index < -0.39 is 41.5 Å². The van der Waals surface area contributed by atoms with Crippen LogP contribution in [0.1, 0.15) is 28.4 Å². The Morgan fingerprint density at radius 3 is 2.65 bits per heavy atom. The van der Waals surface area contributed by atoms with Gasteiger partial charge in [0.25, 0.3) is 11.6 Å². The summed E-state index contributed by atoms with van der Waals surface area (Å²) in [5.74, 6) is -2.34. The highest BCUT2D eigenvalue weighted by molar-refractivity contribution is 14.1. The number of guanidine groups is 1. The lowest BCUT2D eigenvalue weighted by atomic mass is 10.0. The second kappa shape index (κ2) is 12.8. The van der Waals surface area contributed by atoms with Gasteiger partial charge in [0.2, 0.25) is 5.91 Å². The largest absolute Gasteiger partial charge is 0.481 e. The molecule has 15 heteroatoms. The van der Waals surface area contributed by atoms with Crippen molar-refractivity contribution in [2.45, 2.75) is 18.6 Å². The second-order valence-corrected chi connectivity index (χ2v) is 10.1. The average Bonchev–Trinajstić information content (AvgIpc) is 2.82. The van der Waals surface area contributed by atoms with Crippen molar-refractivity contribution in [1.29, 1.82) is 0 Å². The maximum Gasteiger partial charge on any atom is 0.305 e. The van der Waals surface area contributed by atoms with Crippen LogP contribution in [-0.2, 0) is 9.59 Å². The van der Waals surface area contributed by atoms with Crippen molar-refractivity contribution < 1.29 is 28.8 Å². The van der Waals surface area contributed by atoms with Gasteiger partial charge in [-0.1, -0.05) is 15.9 Å². The first-order valence-corrected chi connectivity index (χ1v) is 12.6. The number of rotatable bonds is 9. The highest BCUT2D eigenvalue weighted by atomic mass is 127. The van der Waals surface area contributed by atoms with Crippen molar-refractivity contribution in [3.8, 4) is 0 Å². The summed E-state index contributed by atoms with van der Waals surface area (Å²) in [5, 5.41) is 31.1. The molecule has 0 saturated carbocycles. The van der Waals surface area contributed by atoms with Gasteiger partial charge in [-0.3, -0.25) is 24.5 Å². The number of nitrogens with one attached hydrogen (secondary N) is 4. The van der Waals surface area contributed by atoms with E-state index in [0.29, 0.717) is 10.0 Å². The lowest BCUT2D eigenvalue weighted by molar-refractivity contribution is -0.384. The van der Waals surface area contributed by atoms with Gasteiger partial charge >= 0.3 is 5.97 Å². The molecule has 1 aliphatic rings. The van der Waals surface area contributed by atoms with E-state index in [9.17, 15) is 34.0 Å². The minimum atomic E-state index is -1.15. The Morgan fingerprint density at radius 1 is 1.27 bits per heavy atom. The molecule has 2 amide bonds. The Kier molecular flexibility index (Phi) is 9.73. The number of anilines is 1. The number of nitro groups is 1. The molecule has 0 spiro atoms. The van der Waals surface area contributed by atoms with E-state index in [4.69, 9.17) is 0 Å². The molecule has 2 unspecified atom stereocenters. The number of carboxylic acid groups (broad SMARTS) is 1. The van der Waals surface area contributed by atoms with E-state index in [1.54, 1.807) is 12.1 Å². The maximum atomic E-state index is 13.3. The molecule has 12 nitrogen and oxygen atoms in total. The van der Waals surface area contributed by atoms with Crippen LogP contribution in [0.5, 0.6) is 0 Å². The predicted molar refractivity (Wildman–Crippen MR) is 144 cm³/mol. The number of nitro benzene ring substituents is 1.